The molecule has 1 aromatic carbocycles. The number of halogens is 1. The normalized spacial score (nSPS) is 18.3. The largest absolute Gasteiger partial charge is 0.507 e. The molecule has 4 rings (SSSR count). The number of nitrogens with zero attached hydrogens (tertiary/aromatic N) is 3. The predicted octanol–water partition coefficient (Wildman–Crippen LogP) is 4.07. The quantitative estimate of drug-likeness (QED) is 0.599. The van der Waals surface area contributed by atoms with E-state index in [0.29, 0.717) is 17.1 Å². The zero-order valence-electron chi connectivity index (χ0n) is 17.5. The van der Waals surface area contributed by atoms with Gasteiger partial charge in [0.1, 0.15) is 17.7 Å². The standard InChI is InChI=1S/C22H26FN5O2/c1-21(2)9-14(10-22(3,4)28-21)30-20-6-5-18(26-27-20)16-7-17(23)15(8-19(16)29)13-11-24-25-12-13/h5-8,11-12,14,28-29H,9-10H2,1-4H3,(H,24,25). The van der Waals surface area contributed by atoms with Gasteiger partial charge in [0.2, 0.25) is 5.88 Å². The van der Waals surface area contributed by atoms with Crippen LogP contribution in [0.3, 0.4) is 0 Å². The molecule has 158 valence electrons. The van der Waals surface area contributed by atoms with E-state index in [-0.39, 0.29) is 34.1 Å². The highest BCUT2D eigenvalue weighted by molar-refractivity contribution is 5.74. The number of nitrogens with one attached hydrogen (secondary N) is 2. The van der Waals surface area contributed by atoms with E-state index in [1.165, 1.54) is 18.3 Å². The molecule has 3 N–H and O–H groups in total. The molecule has 0 atom stereocenters. The average molecular weight is 411 g/mol. The molecule has 0 spiro atoms. The summed E-state index contributed by atoms with van der Waals surface area (Å²) in [6, 6.07) is 5.98. The molecular weight excluding hydrogens is 385 g/mol. The lowest BCUT2D eigenvalue weighted by atomic mass is 9.81. The zero-order chi connectivity index (χ0) is 21.5. The number of aromatic hydroxyl groups is 1. The molecule has 8 heteroatoms. The smallest absolute Gasteiger partial charge is 0.233 e. The minimum Gasteiger partial charge on any atom is -0.507 e. The van der Waals surface area contributed by atoms with Crippen LogP contribution in [0.1, 0.15) is 40.5 Å². The average Bonchev–Trinajstić information content (AvgIpc) is 3.16. The van der Waals surface area contributed by atoms with Crippen LogP contribution in [0, 0.1) is 5.82 Å². The monoisotopic (exact) mass is 411 g/mol. The van der Waals surface area contributed by atoms with Crippen molar-refractivity contribution in [2.75, 3.05) is 0 Å². The lowest BCUT2D eigenvalue weighted by Crippen LogP contribution is -2.60. The third kappa shape index (κ3) is 4.28. The number of H-pyrrole nitrogens is 1. The van der Waals surface area contributed by atoms with Gasteiger partial charge in [-0.1, -0.05) is 0 Å². The predicted molar refractivity (Wildman–Crippen MR) is 112 cm³/mol. The topological polar surface area (TPSA) is 96.0 Å². The summed E-state index contributed by atoms with van der Waals surface area (Å²) >= 11 is 0. The van der Waals surface area contributed by atoms with Gasteiger partial charge in [-0.15, -0.1) is 10.2 Å². The number of aromatic nitrogens is 4. The van der Waals surface area contributed by atoms with Crippen molar-refractivity contribution in [2.24, 2.45) is 0 Å². The molecule has 7 nitrogen and oxygen atoms in total. The fourth-order valence-electron chi connectivity index (χ4n) is 4.40. The minimum atomic E-state index is -0.481. The molecule has 1 aliphatic rings. The van der Waals surface area contributed by atoms with Crippen LogP contribution >= 0.6 is 0 Å². The number of ether oxygens (including phenoxy) is 1. The van der Waals surface area contributed by atoms with Crippen LogP contribution in [0.5, 0.6) is 11.6 Å². The van der Waals surface area contributed by atoms with E-state index in [4.69, 9.17) is 4.74 Å². The summed E-state index contributed by atoms with van der Waals surface area (Å²) in [4.78, 5) is 0. The molecule has 0 aliphatic carbocycles. The summed E-state index contributed by atoms with van der Waals surface area (Å²) < 4.78 is 20.7. The second-order valence-electron chi connectivity index (χ2n) is 9.13. The molecule has 3 aromatic rings. The lowest BCUT2D eigenvalue weighted by molar-refractivity contribution is 0.0524. The Morgan fingerprint density at radius 2 is 1.80 bits per heavy atom. The first-order valence-electron chi connectivity index (χ1n) is 9.94. The Morgan fingerprint density at radius 3 is 2.40 bits per heavy atom. The number of rotatable bonds is 4. The molecule has 30 heavy (non-hydrogen) atoms. The Hall–Kier alpha value is -3.00. The lowest BCUT2D eigenvalue weighted by Gasteiger charge is -2.46. The van der Waals surface area contributed by atoms with Crippen LogP contribution < -0.4 is 10.1 Å². The van der Waals surface area contributed by atoms with E-state index in [0.717, 1.165) is 12.8 Å². The van der Waals surface area contributed by atoms with Gasteiger partial charge in [-0.3, -0.25) is 5.10 Å². The molecule has 0 bridgehead atoms. The molecule has 0 radical (unpaired) electrons. The van der Waals surface area contributed by atoms with Crippen molar-refractivity contribution in [1.82, 2.24) is 25.7 Å². The van der Waals surface area contributed by atoms with Crippen molar-refractivity contribution < 1.29 is 14.2 Å². The van der Waals surface area contributed by atoms with Crippen molar-refractivity contribution in [2.45, 2.75) is 57.7 Å². The second kappa shape index (κ2) is 7.36. The van der Waals surface area contributed by atoms with Crippen LogP contribution in [0.4, 0.5) is 4.39 Å². The number of piperidine rings is 1. The van der Waals surface area contributed by atoms with E-state index in [1.54, 1.807) is 18.3 Å². The van der Waals surface area contributed by atoms with Gasteiger partial charge in [-0.25, -0.2) is 4.39 Å². The number of hydrogen-bond donors (Lipinski definition) is 3. The molecule has 0 saturated carbocycles. The van der Waals surface area contributed by atoms with Gasteiger partial charge in [0, 0.05) is 52.9 Å². The Labute approximate surface area is 174 Å². The number of phenols is 1. The van der Waals surface area contributed by atoms with Crippen molar-refractivity contribution in [3.05, 3.63) is 42.5 Å². The molecule has 1 fully saturated rings. The first kappa shape index (κ1) is 20.3. The van der Waals surface area contributed by atoms with E-state index < -0.39 is 5.82 Å². The van der Waals surface area contributed by atoms with Gasteiger partial charge in [-0.2, -0.15) is 5.10 Å². The summed E-state index contributed by atoms with van der Waals surface area (Å²) in [5.74, 6) is -0.157. The van der Waals surface area contributed by atoms with Crippen molar-refractivity contribution in [3.8, 4) is 34.0 Å². The maximum Gasteiger partial charge on any atom is 0.233 e. The highest BCUT2D eigenvalue weighted by atomic mass is 19.1. The number of phenolic OH excluding ortho intramolecular Hbond substituents is 1. The Balaban J connectivity index is 1.53. The summed E-state index contributed by atoms with van der Waals surface area (Å²) in [7, 11) is 0. The first-order chi connectivity index (χ1) is 14.1. The third-order valence-electron chi connectivity index (χ3n) is 5.25. The van der Waals surface area contributed by atoms with Crippen LogP contribution in [-0.4, -0.2) is 42.7 Å². The number of benzene rings is 1. The highest BCUT2D eigenvalue weighted by Gasteiger charge is 2.38. The SMILES string of the molecule is CC1(C)CC(Oc2ccc(-c3cc(F)c(-c4cn[nH]c4)cc3O)nn2)CC(C)(C)N1. The van der Waals surface area contributed by atoms with Gasteiger partial charge < -0.3 is 15.2 Å². The Morgan fingerprint density at radius 1 is 1.07 bits per heavy atom. The molecular formula is C22H26FN5O2. The van der Waals surface area contributed by atoms with Gasteiger partial charge in [0.15, 0.2) is 0 Å². The Bertz CT molecular complexity index is 1020. The van der Waals surface area contributed by atoms with Crippen LogP contribution in [0.25, 0.3) is 22.4 Å². The minimum absolute atomic E-state index is 0.0106. The summed E-state index contributed by atoms with van der Waals surface area (Å²) in [5.41, 5.74) is 1.36. The van der Waals surface area contributed by atoms with Crippen molar-refractivity contribution >= 4 is 0 Å². The summed E-state index contributed by atoms with van der Waals surface area (Å²) in [5, 5.41) is 28.8. The van der Waals surface area contributed by atoms with Crippen LogP contribution in [-0.2, 0) is 0 Å². The number of aromatic amines is 1. The fourth-order valence-corrected chi connectivity index (χ4v) is 4.40. The Kier molecular flexibility index (Phi) is 4.97. The van der Waals surface area contributed by atoms with Crippen LogP contribution in [0.15, 0.2) is 36.7 Å². The van der Waals surface area contributed by atoms with Gasteiger partial charge >= 0.3 is 0 Å². The maximum atomic E-state index is 14.6. The molecule has 1 saturated heterocycles. The van der Waals surface area contributed by atoms with Crippen molar-refractivity contribution in [3.63, 3.8) is 0 Å². The van der Waals surface area contributed by atoms with Gasteiger partial charge in [0.05, 0.1) is 11.9 Å². The maximum absolute atomic E-state index is 14.6. The van der Waals surface area contributed by atoms with E-state index in [9.17, 15) is 9.50 Å². The molecule has 1 aliphatic heterocycles. The first-order valence-corrected chi connectivity index (χ1v) is 9.94. The number of hydrogen-bond acceptors (Lipinski definition) is 6. The van der Waals surface area contributed by atoms with E-state index in [2.05, 4.69) is 53.4 Å². The van der Waals surface area contributed by atoms with Gasteiger partial charge in [-0.05, 0) is 45.9 Å². The fraction of sp³-hybridized carbons (Fsp3) is 0.409. The summed E-state index contributed by atoms with van der Waals surface area (Å²) in [6.45, 7) is 8.63. The zero-order valence-corrected chi connectivity index (χ0v) is 17.5. The van der Waals surface area contributed by atoms with Gasteiger partial charge in [0.25, 0.3) is 0 Å². The molecule has 2 aromatic heterocycles. The van der Waals surface area contributed by atoms with Crippen LogP contribution in [0.2, 0.25) is 0 Å². The highest BCUT2D eigenvalue weighted by Crippen LogP contribution is 2.35. The molecule has 0 amide bonds. The van der Waals surface area contributed by atoms with E-state index in [1.807, 2.05) is 0 Å². The molecule has 0 unspecified atom stereocenters. The van der Waals surface area contributed by atoms with Crippen molar-refractivity contribution in [1.29, 1.82) is 0 Å². The summed E-state index contributed by atoms with van der Waals surface area (Å²) in [6.07, 6.45) is 4.76. The molecule has 3 heterocycles. The third-order valence-corrected chi connectivity index (χ3v) is 5.25. The second-order valence-corrected chi connectivity index (χ2v) is 9.13. The van der Waals surface area contributed by atoms with E-state index >= 15 is 0 Å².